The Kier molecular flexibility index (Phi) is 4.89. The highest BCUT2D eigenvalue weighted by Gasteiger charge is 2.13. The maximum absolute atomic E-state index is 11.7. The van der Waals surface area contributed by atoms with Crippen LogP contribution < -0.4 is 5.32 Å². The summed E-state index contributed by atoms with van der Waals surface area (Å²) in [6.07, 6.45) is 2.90. The number of nitrogens with one attached hydrogen (secondary N) is 1. The van der Waals surface area contributed by atoms with Gasteiger partial charge in [-0.3, -0.25) is 4.79 Å². The molecule has 2 aromatic carbocycles. The van der Waals surface area contributed by atoms with E-state index in [-0.39, 0.29) is 5.91 Å². The third-order valence-electron chi connectivity index (χ3n) is 4.94. The zero-order valence-electron chi connectivity index (χ0n) is 16.0. The predicted molar refractivity (Wildman–Crippen MR) is 111 cm³/mol. The summed E-state index contributed by atoms with van der Waals surface area (Å²) in [6.45, 7) is 2.10. The smallest absolute Gasteiger partial charge is 0.220 e. The fourth-order valence-corrected chi connectivity index (χ4v) is 3.46. The molecule has 5 nitrogen and oxygen atoms in total. The van der Waals surface area contributed by atoms with Crippen molar-refractivity contribution >= 4 is 16.8 Å². The van der Waals surface area contributed by atoms with Gasteiger partial charge in [-0.15, -0.1) is 0 Å². The van der Waals surface area contributed by atoms with Crippen LogP contribution in [0.5, 0.6) is 0 Å². The second kappa shape index (κ2) is 7.64. The number of rotatable bonds is 5. The predicted octanol–water partition coefficient (Wildman–Crippen LogP) is 4.07. The Balaban J connectivity index is 1.82. The molecule has 0 saturated heterocycles. The number of fused-ring (bicyclic) bond motifs is 1. The molecule has 4 aromatic rings. The molecule has 0 bridgehead atoms. The summed E-state index contributed by atoms with van der Waals surface area (Å²) in [5.41, 5.74) is 5.99. The first kappa shape index (κ1) is 17.9. The van der Waals surface area contributed by atoms with Crippen LogP contribution in [0.25, 0.3) is 28.0 Å². The van der Waals surface area contributed by atoms with E-state index in [0.29, 0.717) is 12.8 Å². The zero-order valence-corrected chi connectivity index (χ0v) is 16.0. The lowest BCUT2D eigenvalue weighted by Crippen LogP contribution is -2.18. The molecule has 0 saturated carbocycles. The van der Waals surface area contributed by atoms with Crippen molar-refractivity contribution in [3.63, 3.8) is 0 Å². The fraction of sp³-hybridized carbons (Fsp3) is 0.174. The summed E-state index contributed by atoms with van der Waals surface area (Å²) in [4.78, 5) is 16.7. The van der Waals surface area contributed by atoms with Gasteiger partial charge in [0.2, 0.25) is 5.91 Å². The number of aryl methyl sites for hydroxylation is 2. The molecule has 0 atom stereocenters. The molecular formula is C23H22N4O. The summed E-state index contributed by atoms with van der Waals surface area (Å²) in [7, 11) is 1.66. The maximum atomic E-state index is 11.7. The number of nitrogens with zero attached hydrogens (tertiary/aromatic N) is 3. The van der Waals surface area contributed by atoms with Crippen molar-refractivity contribution < 1.29 is 4.79 Å². The molecule has 2 aromatic heterocycles. The van der Waals surface area contributed by atoms with Crippen molar-refractivity contribution in [3.8, 4) is 17.1 Å². The summed E-state index contributed by atoms with van der Waals surface area (Å²) < 4.78 is 1.90. The van der Waals surface area contributed by atoms with Crippen LogP contribution in [0.2, 0.25) is 0 Å². The average molecular weight is 370 g/mol. The summed E-state index contributed by atoms with van der Waals surface area (Å²) in [5.74, 6) is 0.0343. The number of carbonyl (C=O) groups excluding carboxylic acids is 1. The third-order valence-corrected chi connectivity index (χ3v) is 4.94. The molecular weight excluding hydrogens is 348 g/mol. The Morgan fingerprint density at radius 2 is 1.89 bits per heavy atom. The maximum Gasteiger partial charge on any atom is 0.220 e. The lowest BCUT2D eigenvalue weighted by atomic mass is 10.0. The van der Waals surface area contributed by atoms with E-state index in [4.69, 9.17) is 4.98 Å². The summed E-state index contributed by atoms with van der Waals surface area (Å²) in [5, 5.41) is 8.29. The molecule has 0 spiro atoms. The van der Waals surface area contributed by atoms with E-state index in [2.05, 4.69) is 35.5 Å². The molecule has 1 N–H and O–H groups in total. The molecule has 5 heteroatoms. The minimum atomic E-state index is 0.0343. The topological polar surface area (TPSA) is 59.8 Å². The molecule has 1 amide bonds. The van der Waals surface area contributed by atoms with Crippen LogP contribution in [-0.2, 0) is 11.2 Å². The molecule has 0 radical (unpaired) electrons. The van der Waals surface area contributed by atoms with E-state index in [0.717, 1.165) is 39.1 Å². The second-order valence-corrected chi connectivity index (χ2v) is 6.77. The quantitative estimate of drug-likeness (QED) is 0.576. The van der Waals surface area contributed by atoms with E-state index in [9.17, 15) is 4.79 Å². The van der Waals surface area contributed by atoms with Crippen molar-refractivity contribution in [2.24, 2.45) is 0 Å². The van der Waals surface area contributed by atoms with Crippen LogP contribution in [0.1, 0.15) is 17.5 Å². The number of amides is 1. The minimum Gasteiger partial charge on any atom is -0.359 e. The van der Waals surface area contributed by atoms with Gasteiger partial charge in [0.15, 0.2) is 0 Å². The van der Waals surface area contributed by atoms with Gasteiger partial charge in [0.25, 0.3) is 0 Å². The van der Waals surface area contributed by atoms with Gasteiger partial charge in [-0.2, -0.15) is 5.10 Å². The first-order valence-electron chi connectivity index (χ1n) is 9.37. The SMILES string of the molecule is CNC(=O)CCc1cccc2c(C)cc(-c3ccnn3-c3ccccc3)nc12. The number of para-hydroxylation sites is 2. The Bertz CT molecular complexity index is 1130. The van der Waals surface area contributed by atoms with Gasteiger partial charge in [-0.05, 0) is 48.7 Å². The molecule has 2 heterocycles. The van der Waals surface area contributed by atoms with Gasteiger partial charge in [0.05, 0.1) is 28.8 Å². The number of carbonyl (C=O) groups is 1. The number of hydrogen-bond donors (Lipinski definition) is 1. The van der Waals surface area contributed by atoms with E-state index in [1.807, 2.05) is 47.1 Å². The molecule has 4 rings (SSSR count). The second-order valence-electron chi connectivity index (χ2n) is 6.77. The molecule has 28 heavy (non-hydrogen) atoms. The van der Waals surface area contributed by atoms with Crippen LogP contribution in [0, 0.1) is 6.92 Å². The molecule has 140 valence electrons. The highest BCUT2D eigenvalue weighted by atomic mass is 16.1. The van der Waals surface area contributed by atoms with Crippen LogP contribution in [-0.4, -0.2) is 27.7 Å². The van der Waals surface area contributed by atoms with Gasteiger partial charge in [0, 0.05) is 18.9 Å². The average Bonchev–Trinajstić information content (AvgIpc) is 3.22. The number of aromatic nitrogens is 3. The first-order valence-corrected chi connectivity index (χ1v) is 9.37. The van der Waals surface area contributed by atoms with Crippen LogP contribution >= 0.6 is 0 Å². The Morgan fingerprint density at radius 3 is 2.68 bits per heavy atom. The lowest BCUT2D eigenvalue weighted by Gasteiger charge is -2.12. The van der Waals surface area contributed by atoms with E-state index in [1.54, 1.807) is 13.2 Å². The Morgan fingerprint density at radius 1 is 1.07 bits per heavy atom. The number of pyridine rings is 1. The van der Waals surface area contributed by atoms with Gasteiger partial charge in [-0.1, -0.05) is 36.4 Å². The fourth-order valence-electron chi connectivity index (χ4n) is 3.46. The molecule has 0 unspecified atom stereocenters. The van der Waals surface area contributed by atoms with Crippen LogP contribution in [0.15, 0.2) is 66.9 Å². The van der Waals surface area contributed by atoms with Gasteiger partial charge >= 0.3 is 0 Å². The van der Waals surface area contributed by atoms with Crippen LogP contribution in [0.4, 0.5) is 0 Å². The Hall–Kier alpha value is -3.47. The van der Waals surface area contributed by atoms with Gasteiger partial charge < -0.3 is 5.32 Å². The largest absolute Gasteiger partial charge is 0.359 e. The van der Waals surface area contributed by atoms with Crippen molar-refractivity contribution in [3.05, 3.63) is 78.0 Å². The van der Waals surface area contributed by atoms with Crippen molar-refractivity contribution in [2.75, 3.05) is 7.05 Å². The Labute approximate surface area is 164 Å². The van der Waals surface area contributed by atoms with Gasteiger partial charge in [-0.25, -0.2) is 9.67 Å². The molecule has 0 fully saturated rings. The van der Waals surface area contributed by atoms with E-state index in [1.165, 1.54) is 0 Å². The standard InChI is InChI=1S/C23H22N4O/c1-16-15-20(21-13-14-25-27(21)18-8-4-3-5-9-18)26-23-17(7-6-10-19(16)23)11-12-22(28)24-2/h3-10,13-15H,11-12H2,1-2H3,(H,24,28). The minimum absolute atomic E-state index is 0.0343. The van der Waals surface area contributed by atoms with Crippen molar-refractivity contribution in [1.29, 1.82) is 0 Å². The van der Waals surface area contributed by atoms with Crippen molar-refractivity contribution in [1.82, 2.24) is 20.1 Å². The highest BCUT2D eigenvalue weighted by molar-refractivity contribution is 5.88. The number of benzene rings is 2. The van der Waals surface area contributed by atoms with Gasteiger partial charge in [0.1, 0.15) is 0 Å². The van der Waals surface area contributed by atoms with E-state index < -0.39 is 0 Å². The molecule has 0 aliphatic carbocycles. The zero-order chi connectivity index (χ0) is 19.5. The van der Waals surface area contributed by atoms with Crippen LogP contribution in [0.3, 0.4) is 0 Å². The molecule has 0 aliphatic rings. The van der Waals surface area contributed by atoms with Crippen molar-refractivity contribution in [2.45, 2.75) is 19.8 Å². The highest BCUT2D eigenvalue weighted by Crippen LogP contribution is 2.28. The first-order chi connectivity index (χ1) is 13.7. The normalized spacial score (nSPS) is 10.9. The van der Waals surface area contributed by atoms with E-state index >= 15 is 0 Å². The molecule has 0 aliphatic heterocycles. The third kappa shape index (κ3) is 3.39. The summed E-state index contributed by atoms with van der Waals surface area (Å²) >= 11 is 0. The monoisotopic (exact) mass is 370 g/mol. The lowest BCUT2D eigenvalue weighted by molar-refractivity contribution is -0.120. The summed E-state index contributed by atoms with van der Waals surface area (Å²) in [6, 6.07) is 20.3. The number of hydrogen-bond acceptors (Lipinski definition) is 3.